The van der Waals surface area contributed by atoms with Crippen LogP contribution in [0.25, 0.3) is 0 Å². The van der Waals surface area contributed by atoms with Crippen molar-refractivity contribution in [3.63, 3.8) is 0 Å². The summed E-state index contributed by atoms with van der Waals surface area (Å²) in [6.07, 6.45) is 4.37. The van der Waals surface area contributed by atoms with Gasteiger partial charge in [0.25, 0.3) is 0 Å². The summed E-state index contributed by atoms with van der Waals surface area (Å²) in [7, 11) is 0. The number of alkyl carbamates (subject to hydrolysis) is 1. The molecule has 0 radical (unpaired) electrons. The van der Waals surface area contributed by atoms with Crippen LogP contribution in [0, 0.1) is 0 Å². The van der Waals surface area contributed by atoms with Gasteiger partial charge >= 0.3 is 6.09 Å². The molecule has 0 aromatic carbocycles. The molecule has 1 amide bonds. The lowest BCUT2D eigenvalue weighted by molar-refractivity contribution is 0.0533. The van der Waals surface area contributed by atoms with Crippen LogP contribution in [0.15, 0.2) is 23.3 Å². The first-order valence-corrected chi connectivity index (χ1v) is 7.39. The van der Waals surface area contributed by atoms with Gasteiger partial charge in [-0.25, -0.2) is 4.79 Å². The Morgan fingerprint density at radius 2 is 1.86 bits per heavy atom. The molecule has 0 aliphatic carbocycles. The Bertz CT molecular complexity index is 381. The number of allylic oxidation sites excluding steroid dienone is 2. The van der Waals surface area contributed by atoms with Crippen LogP contribution in [0.4, 0.5) is 4.79 Å². The van der Waals surface area contributed by atoms with E-state index < -0.39 is 17.8 Å². The zero-order chi connectivity index (χ0) is 16.5. The third-order valence-corrected chi connectivity index (χ3v) is 2.95. The van der Waals surface area contributed by atoms with Gasteiger partial charge in [-0.3, -0.25) is 0 Å². The Labute approximate surface area is 128 Å². The van der Waals surface area contributed by atoms with Gasteiger partial charge in [0.1, 0.15) is 5.60 Å². The van der Waals surface area contributed by atoms with Crippen molar-refractivity contribution in [3.8, 4) is 0 Å². The summed E-state index contributed by atoms with van der Waals surface area (Å²) in [6.45, 7) is 10.0. The van der Waals surface area contributed by atoms with E-state index in [-0.39, 0.29) is 6.54 Å². The molecule has 5 heteroatoms. The van der Waals surface area contributed by atoms with E-state index in [2.05, 4.69) is 5.32 Å². The van der Waals surface area contributed by atoms with E-state index in [9.17, 15) is 9.90 Å². The van der Waals surface area contributed by atoms with Crippen LogP contribution in [0.1, 0.15) is 47.5 Å². The highest BCUT2D eigenvalue weighted by Gasteiger charge is 2.16. The molecule has 4 N–H and O–H groups in total. The molecule has 0 aromatic rings. The highest BCUT2D eigenvalue weighted by molar-refractivity contribution is 5.68. The number of nitrogens with one attached hydrogen (secondary N) is 1. The maximum absolute atomic E-state index is 11.7. The van der Waals surface area contributed by atoms with Crippen LogP contribution in [0.2, 0.25) is 0 Å². The molecule has 122 valence electrons. The average molecular weight is 298 g/mol. The van der Waals surface area contributed by atoms with Gasteiger partial charge in [-0.1, -0.05) is 12.2 Å². The lowest BCUT2D eigenvalue weighted by Crippen LogP contribution is -2.33. The predicted molar refractivity (Wildman–Crippen MR) is 86.0 cm³/mol. The fourth-order valence-corrected chi connectivity index (χ4v) is 1.81. The summed E-state index contributed by atoms with van der Waals surface area (Å²) in [6, 6.07) is 0. The molecule has 0 saturated heterocycles. The van der Waals surface area contributed by atoms with Gasteiger partial charge in [0.05, 0.1) is 6.10 Å². The summed E-state index contributed by atoms with van der Waals surface area (Å²) in [5.74, 6) is 0. The number of rotatable bonds is 7. The van der Waals surface area contributed by atoms with Crippen molar-refractivity contribution in [3.05, 3.63) is 23.3 Å². The second-order valence-corrected chi connectivity index (χ2v) is 5.91. The van der Waals surface area contributed by atoms with Crippen molar-refractivity contribution in [1.82, 2.24) is 5.32 Å². The van der Waals surface area contributed by atoms with E-state index in [1.165, 1.54) is 0 Å². The quantitative estimate of drug-likeness (QED) is 0.630. The lowest BCUT2D eigenvalue weighted by atomic mass is 9.99. The molecule has 0 aromatic heterocycles. The van der Waals surface area contributed by atoms with Gasteiger partial charge in [-0.05, 0) is 58.6 Å². The third-order valence-electron chi connectivity index (χ3n) is 2.95. The number of carbonyl (C=O) groups excluding carboxylic acids is 1. The number of hydrogen-bond donors (Lipinski definition) is 3. The third kappa shape index (κ3) is 9.26. The van der Waals surface area contributed by atoms with Gasteiger partial charge in [-0.15, -0.1) is 0 Å². The Morgan fingerprint density at radius 1 is 1.29 bits per heavy atom. The van der Waals surface area contributed by atoms with Crippen molar-refractivity contribution in [2.75, 3.05) is 13.1 Å². The van der Waals surface area contributed by atoms with Gasteiger partial charge in [0.15, 0.2) is 0 Å². The predicted octanol–water partition coefficient (Wildman–Crippen LogP) is 2.50. The number of aliphatic hydroxyl groups is 1. The highest BCUT2D eigenvalue weighted by Crippen LogP contribution is 2.17. The molecule has 5 nitrogen and oxygen atoms in total. The first-order chi connectivity index (χ1) is 9.73. The van der Waals surface area contributed by atoms with E-state index in [0.29, 0.717) is 13.0 Å². The molecule has 0 fully saturated rings. The molecule has 0 aliphatic rings. The number of carbonyl (C=O) groups is 1. The summed E-state index contributed by atoms with van der Waals surface area (Å²) in [5.41, 5.74) is 7.02. The number of ether oxygens (including phenoxy) is 1. The Balaban J connectivity index is 4.46. The van der Waals surface area contributed by atoms with E-state index >= 15 is 0 Å². The second kappa shape index (κ2) is 9.58. The van der Waals surface area contributed by atoms with Crippen molar-refractivity contribution in [2.24, 2.45) is 5.73 Å². The van der Waals surface area contributed by atoms with Crippen LogP contribution in [-0.4, -0.2) is 36.0 Å². The van der Waals surface area contributed by atoms with Gasteiger partial charge in [0.2, 0.25) is 0 Å². The zero-order valence-corrected chi connectivity index (χ0v) is 13.9. The smallest absolute Gasteiger partial charge is 0.407 e. The first-order valence-electron chi connectivity index (χ1n) is 7.39. The first kappa shape index (κ1) is 19.7. The normalized spacial score (nSPS) is 14.8. The zero-order valence-electron chi connectivity index (χ0n) is 13.9. The number of hydrogen-bond acceptors (Lipinski definition) is 4. The van der Waals surface area contributed by atoms with Crippen molar-refractivity contribution in [2.45, 2.75) is 59.2 Å². The number of aliphatic hydroxyl groups excluding tert-OH is 1. The molecule has 0 heterocycles. The van der Waals surface area contributed by atoms with Crippen LogP contribution >= 0.6 is 0 Å². The fourth-order valence-electron chi connectivity index (χ4n) is 1.81. The van der Waals surface area contributed by atoms with E-state index in [0.717, 1.165) is 17.6 Å². The Kier molecular flexibility index (Phi) is 8.97. The summed E-state index contributed by atoms with van der Waals surface area (Å²) < 4.78 is 5.21. The van der Waals surface area contributed by atoms with Gasteiger partial charge in [-0.2, -0.15) is 0 Å². The summed E-state index contributed by atoms with van der Waals surface area (Å²) in [4.78, 5) is 11.7. The second-order valence-electron chi connectivity index (χ2n) is 5.91. The minimum absolute atomic E-state index is 0.262. The topological polar surface area (TPSA) is 84.6 Å². The maximum atomic E-state index is 11.7. The SMILES string of the molecule is C/C=C(CCC(O)CN)\C(=C/C)CNC(=O)OC(C)(C)C. The van der Waals surface area contributed by atoms with E-state index in [1.807, 2.05) is 46.8 Å². The number of nitrogens with two attached hydrogens (primary N) is 1. The Hall–Kier alpha value is -1.33. The molecule has 0 saturated carbocycles. The van der Waals surface area contributed by atoms with Gasteiger partial charge < -0.3 is 20.9 Å². The molecule has 0 spiro atoms. The molecular weight excluding hydrogens is 268 g/mol. The minimum atomic E-state index is -0.505. The highest BCUT2D eigenvalue weighted by atomic mass is 16.6. The van der Waals surface area contributed by atoms with Crippen LogP contribution in [0.5, 0.6) is 0 Å². The largest absolute Gasteiger partial charge is 0.444 e. The molecule has 0 aliphatic heterocycles. The Morgan fingerprint density at radius 3 is 2.29 bits per heavy atom. The summed E-state index contributed by atoms with van der Waals surface area (Å²) in [5, 5.41) is 12.3. The lowest BCUT2D eigenvalue weighted by Gasteiger charge is -2.20. The van der Waals surface area contributed by atoms with Crippen molar-refractivity contribution in [1.29, 1.82) is 0 Å². The van der Waals surface area contributed by atoms with Crippen LogP contribution in [-0.2, 0) is 4.74 Å². The molecular formula is C16H30N2O3. The van der Waals surface area contributed by atoms with Gasteiger partial charge in [0, 0.05) is 13.1 Å². The van der Waals surface area contributed by atoms with Crippen molar-refractivity contribution < 1.29 is 14.6 Å². The number of amides is 1. The van der Waals surface area contributed by atoms with Crippen LogP contribution < -0.4 is 11.1 Å². The van der Waals surface area contributed by atoms with E-state index in [1.54, 1.807) is 0 Å². The van der Waals surface area contributed by atoms with E-state index in [4.69, 9.17) is 10.5 Å². The van der Waals surface area contributed by atoms with Crippen molar-refractivity contribution >= 4 is 6.09 Å². The molecule has 1 atom stereocenters. The average Bonchev–Trinajstić information content (AvgIpc) is 2.39. The maximum Gasteiger partial charge on any atom is 0.407 e. The standard InChI is InChI=1S/C16H30N2O3/c1-6-12(8-9-14(19)10-17)13(7-2)11-18-15(20)21-16(3,4)5/h6-7,14,19H,8-11,17H2,1-5H3,(H,18,20)/b12-6-,13-7-. The monoisotopic (exact) mass is 298 g/mol. The minimum Gasteiger partial charge on any atom is -0.444 e. The molecule has 1 unspecified atom stereocenters. The molecule has 0 rings (SSSR count). The summed E-state index contributed by atoms with van der Waals surface area (Å²) >= 11 is 0. The fraction of sp³-hybridized carbons (Fsp3) is 0.688. The molecule has 21 heavy (non-hydrogen) atoms. The van der Waals surface area contributed by atoms with Crippen LogP contribution in [0.3, 0.4) is 0 Å². The molecule has 0 bridgehead atoms.